The number of carboxylic acid groups (broad SMARTS) is 1. The molecule has 0 spiro atoms. The minimum atomic E-state index is -1.01. The maximum atomic E-state index is 12.5. The Bertz CT molecular complexity index is 572. The molecule has 6 heteroatoms. The van der Waals surface area contributed by atoms with Crippen molar-refractivity contribution < 1.29 is 19.5 Å². The molecule has 6 nitrogen and oxygen atoms in total. The molecule has 1 rings (SSSR count). The Morgan fingerprint density at radius 3 is 2.24 bits per heavy atom. The fourth-order valence-electron chi connectivity index (χ4n) is 2.75. The van der Waals surface area contributed by atoms with Crippen LogP contribution >= 0.6 is 0 Å². The van der Waals surface area contributed by atoms with Crippen molar-refractivity contribution in [3.8, 4) is 0 Å². The molecule has 0 fully saturated rings. The van der Waals surface area contributed by atoms with Crippen molar-refractivity contribution in [1.29, 1.82) is 0 Å². The second kappa shape index (κ2) is 10.5. The number of carbonyl (C=O) groups is 3. The maximum absolute atomic E-state index is 12.5. The van der Waals surface area contributed by atoms with Gasteiger partial charge < -0.3 is 15.7 Å². The van der Waals surface area contributed by atoms with Gasteiger partial charge in [0.15, 0.2) is 0 Å². The van der Waals surface area contributed by atoms with Crippen LogP contribution in [-0.2, 0) is 20.8 Å². The molecule has 2 atom stereocenters. The van der Waals surface area contributed by atoms with Crippen LogP contribution < -0.4 is 10.6 Å². The van der Waals surface area contributed by atoms with Gasteiger partial charge >= 0.3 is 5.97 Å². The van der Waals surface area contributed by atoms with E-state index in [1.54, 1.807) is 0 Å². The Hall–Kier alpha value is -2.37. The van der Waals surface area contributed by atoms with Crippen molar-refractivity contribution >= 4 is 17.8 Å². The topological polar surface area (TPSA) is 95.5 Å². The molecule has 2 amide bonds. The Labute approximate surface area is 149 Å². The normalized spacial score (nSPS) is 13.1. The third-order valence-electron chi connectivity index (χ3n) is 3.99. The van der Waals surface area contributed by atoms with E-state index in [0.29, 0.717) is 19.3 Å². The van der Waals surface area contributed by atoms with Gasteiger partial charge in [0.05, 0.1) is 6.42 Å². The second-order valence-electron chi connectivity index (χ2n) is 6.62. The fraction of sp³-hybridized carbons (Fsp3) is 0.526. The molecule has 0 saturated carbocycles. The number of amides is 2. The van der Waals surface area contributed by atoms with E-state index in [9.17, 15) is 14.4 Å². The Balaban J connectivity index is 2.75. The summed E-state index contributed by atoms with van der Waals surface area (Å²) in [4.78, 5) is 35.6. The van der Waals surface area contributed by atoms with Gasteiger partial charge in [-0.05, 0) is 30.7 Å². The van der Waals surface area contributed by atoms with E-state index in [4.69, 9.17) is 5.11 Å². The summed E-state index contributed by atoms with van der Waals surface area (Å²) >= 11 is 0. The molecular weight excluding hydrogens is 320 g/mol. The molecule has 0 unspecified atom stereocenters. The lowest BCUT2D eigenvalue weighted by atomic mass is 9.92. The first-order valence-corrected chi connectivity index (χ1v) is 8.61. The number of carboxylic acids is 1. The molecule has 138 valence electrons. The number of hydrogen-bond acceptors (Lipinski definition) is 3. The largest absolute Gasteiger partial charge is 0.481 e. The van der Waals surface area contributed by atoms with Gasteiger partial charge in [0.2, 0.25) is 11.8 Å². The van der Waals surface area contributed by atoms with Crippen LogP contribution in [0.1, 0.15) is 38.7 Å². The molecule has 0 aliphatic rings. The zero-order valence-corrected chi connectivity index (χ0v) is 15.1. The minimum Gasteiger partial charge on any atom is -0.481 e. The molecule has 1 aromatic carbocycles. The monoisotopic (exact) mass is 348 g/mol. The Kier molecular flexibility index (Phi) is 8.67. The van der Waals surface area contributed by atoms with E-state index in [-0.39, 0.29) is 24.2 Å². The number of rotatable bonds is 10. The molecule has 0 saturated heterocycles. The number of nitrogens with one attached hydrogen (secondary N) is 2. The smallest absolute Gasteiger partial charge is 0.304 e. The van der Waals surface area contributed by atoms with Crippen LogP contribution in [0.2, 0.25) is 0 Å². The molecule has 0 heterocycles. The first-order chi connectivity index (χ1) is 11.8. The van der Waals surface area contributed by atoms with Crippen molar-refractivity contribution in [2.75, 3.05) is 7.05 Å². The standard InChI is InChI=1S/C19H28N2O4/c1-13(2)11-15(12-17(22)23)18(24)21-16(19(25)20-3)10-9-14-7-5-4-6-8-14/h4-8,13,15-16H,9-12H2,1-3H3,(H,20,25)(H,21,24)(H,22,23)/t15-,16-/m0/s1. The SMILES string of the molecule is CNC(=O)[C@H](CCc1ccccc1)NC(=O)[C@H](CC(=O)O)CC(C)C. The summed E-state index contributed by atoms with van der Waals surface area (Å²) in [5.41, 5.74) is 1.08. The second-order valence-corrected chi connectivity index (χ2v) is 6.62. The van der Waals surface area contributed by atoms with E-state index >= 15 is 0 Å². The highest BCUT2D eigenvalue weighted by molar-refractivity contribution is 5.89. The van der Waals surface area contributed by atoms with Crippen molar-refractivity contribution in [1.82, 2.24) is 10.6 Å². The van der Waals surface area contributed by atoms with Gasteiger partial charge in [-0.3, -0.25) is 14.4 Å². The van der Waals surface area contributed by atoms with Gasteiger partial charge in [-0.2, -0.15) is 0 Å². The highest BCUT2D eigenvalue weighted by atomic mass is 16.4. The van der Waals surface area contributed by atoms with E-state index in [1.807, 2.05) is 44.2 Å². The van der Waals surface area contributed by atoms with E-state index in [2.05, 4.69) is 10.6 Å². The van der Waals surface area contributed by atoms with E-state index in [1.165, 1.54) is 7.05 Å². The Morgan fingerprint density at radius 2 is 1.72 bits per heavy atom. The summed E-state index contributed by atoms with van der Waals surface area (Å²) in [5, 5.41) is 14.3. The first kappa shape index (κ1) is 20.7. The summed E-state index contributed by atoms with van der Waals surface area (Å²) in [6.07, 6.45) is 1.34. The summed E-state index contributed by atoms with van der Waals surface area (Å²) in [7, 11) is 1.52. The maximum Gasteiger partial charge on any atom is 0.304 e. The van der Waals surface area contributed by atoms with E-state index < -0.39 is 17.9 Å². The van der Waals surface area contributed by atoms with Gasteiger partial charge in [0.25, 0.3) is 0 Å². The lowest BCUT2D eigenvalue weighted by molar-refractivity contribution is -0.141. The summed E-state index contributed by atoms with van der Waals surface area (Å²) < 4.78 is 0. The quantitative estimate of drug-likeness (QED) is 0.602. The summed E-state index contributed by atoms with van der Waals surface area (Å²) in [6.45, 7) is 3.88. The van der Waals surface area contributed by atoms with Crippen LogP contribution in [0.4, 0.5) is 0 Å². The van der Waals surface area contributed by atoms with Gasteiger partial charge in [-0.15, -0.1) is 0 Å². The lowest BCUT2D eigenvalue weighted by Crippen LogP contribution is -2.48. The number of carbonyl (C=O) groups excluding carboxylic acids is 2. The lowest BCUT2D eigenvalue weighted by Gasteiger charge is -2.22. The third-order valence-corrected chi connectivity index (χ3v) is 3.99. The number of hydrogen-bond donors (Lipinski definition) is 3. The van der Waals surface area contributed by atoms with Crippen molar-refractivity contribution in [2.45, 2.75) is 45.6 Å². The highest BCUT2D eigenvalue weighted by Gasteiger charge is 2.27. The minimum absolute atomic E-state index is 0.192. The van der Waals surface area contributed by atoms with Crippen molar-refractivity contribution in [3.05, 3.63) is 35.9 Å². The van der Waals surface area contributed by atoms with Crippen LogP contribution in [0.25, 0.3) is 0 Å². The zero-order chi connectivity index (χ0) is 18.8. The van der Waals surface area contributed by atoms with Crippen LogP contribution in [0.15, 0.2) is 30.3 Å². The predicted molar refractivity (Wildman–Crippen MR) is 96.0 cm³/mol. The molecule has 0 radical (unpaired) electrons. The van der Waals surface area contributed by atoms with Crippen LogP contribution in [0.5, 0.6) is 0 Å². The van der Waals surface area contributed by atoms with Crippen molar-refractivity contribution in [3.63, 3.8) is 0 Å². The molecule has 1 aromatic rings. The molecular formula is C19H28N2O4. The van der Waals surface area contributed by atoms with Gasteiger partial charge in [0, 0.05) is 13.0 Å². The van der Waals surface area contributed by atoms with Crippen molar-refractivity contribution in [2.24, 2.45) is 11.8 Å². The molecule has 25 heavy (non-hydrogen) atoms. The zero-order valence-electron chi connectivity index (χ0n) is 15.1. The van der Waals surface area contributed by atoms with Crippen LogP contribution in [0.3, 0.4) is 0 Å². The third kappa shape index (κ3) is 7.83. The average molecular weight is 348 g/mol. The summed E-state index contributed by atoms with van der Waals surface area (Å²) in [5.74, 6) is -2.11. The molecule has 3 N–H and O–H groups in total. The number of aryl methyl sites for hydroxylation is 1. The van der Waals surface area contributed by atoms with Gasteiger partial charge in [-0.1, -0.05) is 44.2 Å². The van der Waals surface area contributed by atoms with E-state index in [0.717, 1.165) is 5.56 Å². The highest BCUT2D eigenvalue weighted by Crippen LogP contribution is 2.16. The van der Waals surface area contributed by atoms with Crippen LogP contribution in [0, 0.1) is 11.8 Å². The molecule has 0 aliphatic carbocycles. The molecule has 0 bridgehead atoms. The van der Waals surface area contributed by atoms with Crippen LogP contribution in [-0.4, -0.2) is 36.0 Å². The van der Waals surface area contributed by atoms with Gasteiger partial charge in [-0.25, -0.2) is 0 Å². The number of benzene rings is 1. The fourth-order valence-corrected chi connectivity index (χ4v) is 2.75. The first-order valence-electron chi connectivity index (χ1n) is 8.61. The Morgan fingerprint density at radius 1 is 1.08 bits per heavy atom. The van der Waals surface area contributed by atoms with Gasteiger partial charge in [0.1, 0.15) is 6.04 Å². The molecule has 0 aliphatic heterocycles. The number of likely N-dealkylation sites (N-methyl/N-ethyl adjacent to an activating group) is 1. The molecule has 0 aromatic heterocycles. The average Bonchev–Trinajstić information content (AvgIpc) is 2.57. The predicted octanol–water partition coefficient (Wildman–Crippen LogP) is 1.99. The number of aliphatic carboxylic acids is 1. The summed E-state index contributed by atoms with van der Waals surface area (Å²) in [6, 6.07) is 9.02.